The van der Waals surface area contributed by atoms with E-state index in [4.69, 9.17) is 0 Å². The summed E-state index contributed by atoms with van der Waals surface area (Å²) < 4.78 is 1.17. The summed E-state index contributed by atoms with van der Waals surface area (Å²) in [5, 5.41) is 0. The first-order valence-electron chi connectivity index (χ1n) is 3.48. The summed E-state index contributed by atoms with van der Waals surface area (Å²) in [5.74, 6) is 0. The number of hydrogen-bond donors (Lipinski definition) is 0. The molecule has 0 aliphatic heterocycles. The van der Waals surface area contributed by atoms with Crippen molar-refractivity contribution in [3.05, 3.63) is 35.9 Å². The van der Waals surface area contributed by atoms with E-state index in [1.165, 1.54) is 10.1 Å². The van der Waals surface area contributed by atoms with Crippen LogP contribution in [0.25, 0.3) is 0 Å². The van der Waals surface area contributed by atoms with Crippen LogP contribution >= 0.6 is 0 Å². The van der Waals surface area contributed by atoms with Crippen molar-refractivity contribution in [2.75, 3.05) is 14.1 Å². The zero-order chi connectivity index (χ0) is 8.27. The van der Waals surface area contributed by atoms with Gasteiger partial charge in [0.2, 0.25) is 0 Å². The van der Waals surface area contributed by atoms with Gasteiger partial charge in [0.05, 0.1) is 0 Å². The van der Waals surface area contributed by atoms with Gasteiger partial charge in [-0.05, 0) is 0 Å². The van der Waals surface area contributed by atoms with E-state index in [0.717, 1.165) is 0 Å². The molecule has 0 radical (unpaired) electrons. The molecule has 0 bridgehead atoms. The van der Waals surface area contributed by atoms with Gasteiger partial charge < -0.3 is 0 Å². The molecule has 1 aromatic rings. The Morgan fingerprint density at radius 1 is 1.18 bits per heavy atom. The standard InChI is InChI=1S/C9H11NSe/c1-10(2)9(11)8-6-4-3-5-7-8/h3-7H,1-2H3. The molecule has 0 unspecified atom stereocenters. The van der Waals surface area contributed by atoms with Gasteiger partial charge in [-0.15, -0.1) is 0 Å². The summed E-state index contributed by atoms with van der Waals surface area (Å²) in [5.41, 5.74) is 1.23. The molecule has 1 nitrogen and oxygen atoms in total. The molecule has 0 fully saturated rings. The summed E-state index contributed by atoms with van der Waals surface area (Å²) in [7, 11) is 4.05. The third kappa shape index (κ3) is 2.18. The van der Waals surface area contributed by atoms with E-state index in [1.807, 2.05) is 32.3 Å². The van der Waals surface area contributed by atoms with Crippen molar-refractivity contribution in [3.8, 4) is 0 Å². The normalized spacial score (nSPS) is 9.27. The average molecular weight is 212 g/mol. The van der Waals surface area contributed by atoms with Crippen LogP contribution in [0.4, 0.5) is 0 Å². The maximum atomic E-state index is 3.04. The van der Waals surface area contributed by atoms with Gasteiger partial charge in [-0.2, -0.15) is 0 Å². The predicted octanol–water partition coefficient (Wildman–Crippen LogP) is 0.895. The number of nitrogens with zero attached hydrogens (tertiary/aromatic N) is 1. The summed E-state index contributed by atoms with van der Waals surface area (Å²) >= 11 is 3.04. The summed E-state index contributed by atoms with van der Waals surface area (Å²) in [4.78, 5) is 2.06. The van der Waals surface area contributed by atoms with Crippen molar-refractivity contribution in [1.29, 1.82) is 0 Å². The Balaban J connectivity index is 2.86. The molecule has 0 aromatic heterocycles. The first kappa shape index (κ1) is 8.51. The molecular weight excluding hydrogens is 201 g/mol. The molecular formula is C9H11NSe. The van der Waals surface area contributed by atoms with Crippen molar-refractivity contribution < 1.29 is 0 Å². The van der Waals surface area contributed by atoms with Crippen LogP contribution < -0.4 is 0 Å². The van der Waals surface area contributed by atoms with Crippen molar-refractivity contribution in [3.63, 3.8) is 0 Å². The van der Waals surface area contributed by atoms with Crippen molar-refractivity contribution >= 4 is 20.1 Å². The van der Waals surface area contributed by atoms with Crippen LogP contribution in [0.5, 0.6) is 0 Å². The third-order valence-corrected chi connectivity index (χ3v) is 2.69. The van der Waals surface area contributed by atoms with Crippen LogP contribution in [0, 0.1) is 0 Å². The zero-order valence-corrected chi connectivity index (χ0v) is 8.46. The Kier molecular flexibility index (Phi) is 2.86. The fourth-order valence-corrected chi connectivity index (χ4v) is 1.12. The van der Waals surface area contributed by atoms with E-state index < -0.39 is 0 Å². The van der Waals surface area contributed by atoms with Crippen molar-refractivity contribution in [2.45, 2.75) is 0 Å². The van der Waals surface area contributed by atoms with Crippen molar-refractivity contribution in [2.24, 2.45) is 0 Å². The van der Waals surface area contributed by atoms with Gasteiger partial charge in [-0.25, -0.2) is 0 Å². The molecule has 0 heterocycles. The first-order chi connectivity index (χ1) is 5.22. The molecule has 0 saturated carbocycles. The van der Waals surface area contributed by atoms with Gasteiger partial charge in [0.15, 0.2) is 0 Å². The van der Waals surface area contributed by atoms with Crippen LogP contribution in [0.3, 0.4) is 0 Å². The molecule has 0 aliphatic carbocycles. The van der Waals surface area contributed by atoms with E-state index >= 15 is 0 Å². The molecule has 1 rings (SSSR count). The van der Waals surface area contributed by atoms with Crippen LogP contribution in [0.1, 0.15) is 5.56 Å². The van der Waals surface area contributed by atoms with Crippen molar-refractivity contribution in [1.82, 2.24) is 4.90 Å². The molecule has 0 amide bonds. The molecule has 58 valence electrons. The van der Waals surface area contributed by atoms with Gasteiger partial charge in [-0.3, -0.25) is 0 Å². The van der Waals surface area contributed by atoms with Crippen LogP contribution in [-0.2, 0) is 0 Å². The van der Waals surface area contributed by atoms with Gasteiger partial charge >= 0.3 is 75.0 Å². The predicted molar refractivity (Wildman–Crippen MR) is 50.0 cm³/mol. The number of rotatable bonds is 2. The molecule has 0 atom stereocenters. The summed E-state index contributed by atoms with van der Waals surface area (Å²) in [6.45, 7) is 0. The first-order valence-corrected chi connectivity index (χ1v) is 4.34. The Bertz CT molecular complexity index is 241. The molecule has 0 spiro atoms. The van der Waals surface area contributed by atoms with E-state index in [9.17, 15) is 0 Å². The van der Waals surface area contributed by atoms with Crippen LogP contribution in [0.15, 0.2) is 30.3 Å². The number of benzene rings is 1. The quantitative estimate of drug-likeness (QED) is 0.658. The van der Waals surface area contributed by atoms with Gasteiger partial charge in [0.1, 0.15) is 0 Å². The monoisotopic (exact) mass is 213 g/mol. The number of hydrogen-bond acceptors (Lipinski definition) is 1. The third-order valence-electron chi connectivity index (χ3n) is 1.43. The molecule has 11 heavy (non-hydrogen) atoms. The van der Waals surface area contributed by atoms with Crippen LogP contribution in [0.2, 0.25) is 0 Å². The van der Waals surface area contributed by atoms with Gasteiger partial charge in [0, 0.05) is 0 Å². The Hall–Kier alpha value is -0.591. The van der Waals surface area contributed by atoms with Gasteiger partial charge in [0.25, 0.3) is 0 Å². The minimum atomic E-state index is 1.17. The van der Waals surface area contributed by atoms with E-state index in [-0.39, 0.29) is 0 Å². The topological polar surface area (TPSA) is 3.24 Å². The average Bonchev–Trinajstić information content (AvgIpc) is 2.05. The summed E-state index contributed by atoms with van der Waals surface area (Å²) in [6.07, 6.45) is 0. The second-order valence-electron chi connectivity index (χ2n) is 2.57. The zero-order valence-electron chi connectivity index (χ0n) is 6.74. The Morgan fingerprint density at radius 2 is 1.73 bits per heavy atom. The van der Waals surface area contributed by atoms with E-state index in [0.29, 0.717) is 0 Å². The van der Waals surface area contributed by atoms with E-state index in [2.05, 4.69) is 32.6 Å². The second kappa shape index (κ2) is 3.70. The fraction of sp³-hybridized carbons (Fsp3) is 0.222. The maximum absolute atomic E-state index is 3.04. The second-order valence-corrected chi connectivity index (χ2v) is 3.38. The molecule has 2 heteroatoms. The SMILES string of the molecule is CN(C)C(=[Se])c1ccccc1. The summed E-state index contributed by atoms with van der Waals surface area (Å²) in [6, 6.07) is 10.3. The molecule has 0 saturated heterocycles. The van der Waals surface area contributed by atoms with Gasteiger partial charge in [-0.1, -0.05) is 0 Å². The Morgan fingerprint density at radius 3 is 2.18 bits per heavy atom. The molecule has 0 aliphatic rings. The molecule has 0 N–H and O–H groups in total. The van der Waals surface area contributed by atoms with E-state index in [1.54, 1.807) is 0 Å². The minimum absolute atomic E-state index is 1.17. The van der Waals surface area contributed by atoms with Crippen LogP contribution in [-0.4, -0.2) is 39.1 Å². The molecule has 1 aromatic carbocycles. The Labute approximate surface area is 75.4 Å². The fourth-order valence-electron chi connectivity index (χ4n) is 0.839.